The van der Waals surface area contributed by atoms with Crippen molar-refractivity contribution < 1.29 is 14.3 Å². The maximum Gasteiger partial charge on any atom is 0.345 e. The molecule has 31 heavy (non-hydrogen) atoms. The van der Waals surface area contributed by atoms with E-state index in [1.165, 1.54) is 12.4 Å². The summed E-state index contributed by atoms with van der Waals surface area (Å²) in [5.74, 6) is -0.401. The van der Waals surface area contributed by atoms with Crippen molar-refractivity contribution in [2.24, 2.45) is 5.10 Å². The van der Waals surface area contributed by atoms with E-state index in [9.17, 15) is 9.59 Å². The van der Waals surface area contributed by atoms with Gasteiger partial charge in [0.1, 0.15) is 5.75 Å². The van der Waals surface area contributed by atoms with E-state index in [1.54, 1.807) is 54.7 Å². The summed E-state index contributed by atoms with van der Waals surface area (Å²) in [4.78, 5) is 28.5. The van der Waals surface area contributed by atoms with Gasteiger partial charge in [0, 0.05) is 24.8 Å². The minimum Gasteiger partial charge on any atom is -0.423 e. The number of hydrazone groups is 1. The van der Waals surface area contributed by atoms with Crippen molar-refractivity contribution >= 4 is 18.1 Å². The Kier molecular flexibility index (Phi) is 5.95. The zero-order valence-corrected chi connectivity index (χ0v) is 16.4. The highest BCUT2D eigenvalue weighted by Crippen LogP contribution is 2.15. The number of amides is 1. The molecule has 0 saturated heterocycles. The van der Waals surface area contributed by atoms with Crippen LogP contribution in [0.3, 0.4) is 0 Å². The van der Waals surface area contributed by atoms with E-state index in [0.29, 0.717) is 16.9 Å². The van der Waals surface area contributed by atoms with Gasteiger partial charge in [-0.3, -0.25) is 9.78 Å². The van der Waals surface area contributed by atoms with E-state index in [0.717, 1.165) is 11.3 Å². The molecule has 0 aliphatic heterocycles. The number of aromatic nitrogens is 2. The van der Waals surface area contributed by atoms with Crippen LogP contribution in [0.1, 0.15) is 26.3 Å². The lowest BCUT2D eigenvalue weighted by Gasteiger charge is -2.09. The number of benzene rings is 2. The number of hydrogen-bond acceptors (Lipinski definition) is 5. The zero-order valence-electron chi connectivity index (χ0n) is 16.4. The van der Waals surface area contributed by atoms with Gasteiger partial charge in [0.05, 0.1) is 23.0 Å². The highest BCUT2D eigenvalue weighted by molar-refractivity contribution is 5.98. The predicted octanol–water partition coefficient (Wildman–Crippen LogP) is 3.86. The second-order valence-corrected chi connectivity index (χ2v) is 6.51. The average molecular weight is 410 g/mol. The third-order valence-electron chi connectivity index (χ3n) is 4.40. The third-order valence-corrected chi connectivity index (χ3v) is 4.40. The highest BCUT2D eigenvalue weighted by Gasteiger charge is 2.11. The molecule has 0 spiro atoms. The fourth-order valence-corrected chi connectivity index (χ4v) is 2.88. The molecule has 1 amide bonds. The normalized spacial score (nSPS) is 10.7. The topological polar surface area (TPSA) is 85.6 Å². The fraction of sp³-hybridized carbons (Fsp3) is 0. The fourth-order valence-electron chi connectivity index (χ4n) is 2.88. The summed E-state index contributed by atoms with van der Waals surface area (Å²) in [5.41, 5.74) is 4.92. The first-order chi connectivity index (χ1) is 15.2. The Morgan fingerprint density at radius 3 is 2.45 bits per heavy atom. The monoisotopic (exact) mass is 410 g/mol. The standard InChI is InChI=1S/C24H18N4O3/c29-23(21-7-1-2-8-22(21)28-14-3-4-15-28)27-26-16-18-9-11-20(12-10-18)31-24(30)19-6-5-13-25-17-19/h1-17H,(H,27,29). The summed E-state index contributed by atoms with van der Waals surface area (Å²) in [6.45, 7) is 0. The Bertz CT molecular complexity index is 1200. The maximum atomic E-state index is 12.6. The molecule has 4 rings (SSSR count). The number of rotatable bonds is 6. The van der Waals surface area contributed by atoms with Gasteiger partial charge in [0.15, 0.2) is 0 Å². The summed E-state index contributed by atoms with van der Waals surface area (Å²) in [6, 6.07) is 21.1. The largest absolute Gasteiger partial charge is 0.423 e. The minimum atomic E-state index is -0.483. The Balaban J connectivity index is 1.38. The molecule has 0 aliphatic carbocycles. The number of para-hydroxylation sites is 1. The number of hydrogen-bond donors (Lipinski definition) is 1. The first-order valence-electron chi connectivity index (χ1n) is 9.49. The molecule has 2 heterocycles. The van der Waals surface area contributed by atoms with E-state index in [4.69, 9.17) is 4.74 Å². The Morgan fingerprint density at radius 1 is 0.935 bits per heavy atom. The van der Waals surface area contributed by atoms with Gasteiger partial charge in [-0.2, -0.15) is 5.10 Å². The molecular weight excluding hydrogens is 392 g/mol. The van der Waals surface area contributed by atoms with Gasteiger partial charge >= 0.3 is 5.97 Å². The van der Waals surface area contributed by atoms with Gasteiger partial charge in [-0.15, -0.1) is 0 Å². The van der Waals surface area contributed by atoms with E-state index in [-0.39, 0.29) is 5.91 Å². The van der Waals surface area contributed by atoms with Crippen molar-refractivity contribution in [3.05, 3.63) is 114 Å². The lowest BCUT2D eigenvalue weighted by atomic mass is 10.1. The minimum absolute atomic E-state index is 0.317. The molecule has 0 fully saturated rings. The van der Waals surface area contributed by atoms with Gasteiger partial charge in [0.2, 0.25) is 0 Å². The molecule has 0 saturated carbocycles. The van der Waals surface area contributed by atoms with Crippen LogP contribution < -0.4 is 10.2 Å². The van der Waals surface area contributed by atoms with Crippen molar-refractivity contribution in [2.45, 2.75) is 0 Å². The van der Waals surface area contributed by atoms with Crippen LogP contribution in [0, 0.1) is 0 Å². The predicted molar refractivity (Wildman–Crippen MR) is 116 cm³/mol. The molecule has 0 radical (unpaired) electrons. The highest BCUT2D eigenvalue weighted by atomic mass is 16.5. The lowest BCUT2D eigenvalue weighted by Crippen LogP contribution is -2.19. The first-order valence-corrected chi connectivity index (χ1v) is 9.49. The number of nitrogens with zero attached hydrogens (tertiary/aromatic N) is 3. The van der Waals surface area contributed by atoms with Crippen LogP contribution in [0.15, 0.2) is 103 Å². The molecule has 0 aliphatic rings. The van der Waals surface area contributed by atoms with Crippen molar-refractivity contribution in [1.82, 2.24) is 15.0 Å². The molecule has 4 aromatic rings. The van der Waals surface area contributed by atoms with Crippen LogP contribution in [0.4, 0.5) is 0 Å². The van der Waals surface area contributed by atoms with Crippen LogP contribution >= 0.6 is 0 Å². The van der Waals surface area contributed by atoms with Gasteiger partial charge in [0.25, 0.3) is 5.91 Å². The SMILES string of the molecule is O=C(Oc1ccc(C=NNC(=O)c2ccccc2-n2cccc2)cc1)c1cccnc1. The number of ether oxygens (including phenoxy) is 1. The van der Waals surface area contributed by atoms with Crippen LogP contribution in [-0.2, 0) is 0 Å². The average Bonchev–Trinajstić information content (AvgIpc) is 3.35. The summed E-state index contributed by atoms with van der Waals surface area (Å²) in [7, 11) is 0. The third kappa shape index (κ3) is 4.91. The number of carbonyl (C=O) groups excluding carboxylic acids is 2. The second kappa shape index (κ2) is 9.32. The van der Waals surface area contributed by atoms with Gasteiger partial charge in [-0.25, -0.2) is 10.2 Å². The van der Waals surface area contributed by atoms with E-state index >= 15 is 0 Å². The first kappa shape index (κ1) is 19.8. The molecule has 7 nitrogen and oxygen atoms in total. The van der Waals surface area contributed by atoms with Crippen molar-refractivity contribution in [2.75, 3.05) is 0 Å². The zero-order chi connectivity index (χ0) is 21.5. The number of pyridine rings is 1. The van der Waals surface area contributed by atoms with Gasteiger partial charge < -0.3 is 9.30 Å². The van der Waals surface area contributed by atoms with E-state index in [1.807, 2.05) is 41.2 Å². The Morgan fingerprint density at radius 2 is 1.71 bits per heavy atom. The molecule has 7 heteroatoms. The Labute approximate surface area is 178 Å². The molecule has 152 valence electrons. The summed E-state index contributed by atoms with van der Waals surface area (Å²) < 4.78 is 7.17. The molecule has 2 aromatic heterocycles. The molecule has 0 atom stereocenters. The summed E-state index contributed by atoms with van der Waals surface area (Å²) in [6.07, 6.45) is 8.29. The lowest BCUT2D eigenvalue weighted by molar-refractivity contribution is 0.0734. The van der Waals surface area contributed by atoms with Crippen LogP contribution in [0.25, 0.3) is 5.69 Å². The summed E-state index contributed by atoms with van der Waals surface area (Å²) in [5, 5.41) is 4.03. The number of carbonyl (C=O) groups is 2. The van der Waals surface area contributed by atoms with Crippen LogP contribution in [-0.4, -0.2) is 27.6 Å². The second-order valence-electron chi connectivity index (χ2n) is 6.51. The number of esters is 1. The Hall–Kier alpha value is -4.52. The van der Waals surface area contributed by atoms with Crippen LogP contribution in [0.5, 0.6) is 5.75 Å². The maximum absolute atomic E-state index is 12.6. The molecule has 0 unspecified atom stereocenters. The van der Waals surface area contributed by atoms with Gasteiger partial charge in [-0.1, -0.05) is 12.1 Å². The molecule has 0 bridgehead atoms. The number of nitrogens with one attached hydrogen (secondary N) is 1. The quantitative estimate of drug-likeness (QED) is 0.226. The van der Waals surface area contributed by atoms with Crippen molar-refractivity contribution in [3.63, 3.8) is 0 Å². The molecular formula is C24H18N4O3. The molecule has 2 aromatic carbocycles. The van der Waals surface area contributed by atoms with E-state index < -0.39 is 5.97 Å². The van der Waals surface area contributed by atoms with E-state index in [2.05, 4.69) is 15.5 Å². The van der Waals surface area contributed by atoms with Gasteiger partial charge in [-0.05, 0) is 66.2 Å². The smallest absolute Gasteiger partial charge is 0.345 e. The van der Waals surface area contributed by atoms with Crippen molar-refractivity contribution in [1.29, 1.82) is 0 Å². The summed E-state index contributed by atoms with van der Waals surface area (Å²) >= 11 is 0. The van der Waals surface area contributed by atoms with Crippen molar-refractivity contribution in [3.8, 4) is 11.4 Å². The van der Waals surface area contributed by atoms with Crippen LogP contribution in [0.2, 0.25) is 0 Å². The molecule has 1 N–H and O–H groups in total.